The van der Waals surface area contributed by atoms with E-state index in [9.17, 15) is 23.1 Å². The number of rotatable bonds is 4. The molecule has 0 aromatic carbocycles. The van der Waals surface area contributed by atoms with Gasteiger partial charge in [-0.25, -0.2) is 0 Å². The molecule has 0 aromatic heterocycles. The smallest absolute Gasteiger partial charge is 0.393 e. The van der Waals surface area contributed by atoms with Crippen LogP contribution in [0.3, 0.4) is 0 Å². The molecule has 1 atom stereocenters. The summed E-state index contributed by atoms with van der Waals surface area (Å²) in [5.74, 6) is -0.138. The average molecular weight is 268 g/mol. The van der Waals surface area contributed by atoms with Gasteiger partial charge in [-0.3, -0.25) is 4.79 Å². The Morgan fingerprint density at radius 3 is 2.44 bits per heavy atom. The molecule has 4 nitrogen and oxygen atoms in total. The lowest BCUT2D eigenvalue weighted by Crippen LogP contribution is -2.45. The van der Waals surface area contributed by atoms with Crippen LogP contribution in [0.1, 0.15) is 19.8 Å². The first-order valence-electron chi connectivity index (χ1n) is 6.03. The Morgan fingerprint density at radius 2 is 2.00 bits per heavy atom. The predicted molar refractivity (Wildman–Crippen MR) is 59.9 cm³/mol. The van der Waals surface area contributed by atoms with Crippen LogP contribution in [0.4, 0.5) is 13.2 Å². The Kier molecular flexibility index (Phi) is 5.40. The third kappa shape index (κ3) is 5.22. The molecule has 0 bridgehead atoms. The van der Waals surface area contributed by atoms with E-state index in [0.717, 1.165) is 0 Å². The standard InChI is InChI=1S/C11H19F3N2O2/c1-8(17)9-2-4-16(5-3-9)10(18)6-15-7-11(12,13)14/h8-9,15,17H,2-7H2,1H3. The van der Waals surface area contributed by atoms with Gasteiger partial charge in [-0.1, -0.05) is 0 Å². The molecule has 0 aliphatic carbocycles. The van der Waals surface area contributed by atoms with E-state index in [4.69, 9.17) is 0 Å². The maximum Gasteiger partial charge on any atom is 0.401 e. The van der Waals surface area contributed by atoms with Gasteiger partial charge in [0.1, 0.15) is 0 Å². The van der Waals surface area contributed by atoms with Crippen LogP contribution in [0.5, 0.6) is 0 Å². The van der Waals surface area contributed by atoms with Crippen molar-refractivity contribution in [2.45, 2.75) is 32.0 Å². The fraction of sp³-hybridized carbons (Fsp3) is 0.909. The van der Waals surface area contributed by atoms with Crippen molar-refractivity contribution >= 4 is 5.91 Å². The number of piperidine rings is 1. The number of halogens is 3. The van der Waals surface area contributed by atoms with Gasteiger partial charge in [0.25, 0.3) is 0 Å². The first-order chi connectivity index (χ1) is 8.29. The van der Waals surface area contributed by atoms with Crippen LogP contribution in [0.2, 0.25) is 0 Å². The monoisotopic (exact) mass is 268 g/mol. The topological polar surface area (TPSA) is 52.6 Å². The molecule has 18 heavy (non-hydrogen) atoms. The molecule has 0 spiro atoms. The van der Waals surface area contributed by atoms with E-state index in [1.165, 1.54) is 0 Å². The summed E-state index contributed by atoms with van der Waals surface area (Å²) in [5, 5.41) is 11.5. The highest BCUT2D eigenvalue weighted by molar-refractivity contribution is 5.78. The predicted octanol–water partition coefficient (Wildman–Crippen LogP) is 0.758. The number of hydrogen-bond donors (Lipinski definition) is 2. The van der Waals surface area contributed by atoms with E-state index in [1.54, 1.807) is 11.8 Å². The number of nitrogens with one attached hydrogen (secondary N) is 1. The number of hydrogen-bond acceptors (Lipinski definition) is 3. The molecule has 1 unspecified atom stereocenters. The van der Waals surface area contributed by atoms with Crippen molar-refractivity contribution in [3.63, 3.8) is 0 Å². The molecule has 106 valence electrons. The van der Waals surface area contributed by atoms with Gasteiger partial charge >= 0.3 is 6.18 Å². The fourth-order valence-corrected chi connectivity index (χ4v) is 2.05. The number of carbonyl (C=O) groups excluding carboxylic acids is 1. The number of alkyl halides is 3. The molecule has 0 saturated carbocycles. The Bertz CT molecular complexity index is 274. The van der Waals surface area contributed by atoms with Crippen LogP contribution in [-0.4, -0.2) is 54.4 Å². The largest absolute Gasteiger partial charge is 0.401 e. The molecule has 7 heteroatoms. The normalized spacial score (nSPS) is 19.9. The van der Waals surface area contributed by atoms with Gasteiger partial charge in [0, 0.05) is 13.1 Å². The number of likely N-dealkylation sites (tertiary alicyclic amines) is 1. The Balaban J connectivity index is 2.24. The summed E-state index contributed by atoms with van der Waals surface area (Å²) in [6, 6.07) is 0. The molecule has 2 N–H and O–H groups in total. The molecule has 1 saturated heterocycles. The zero-order valence-electron chi connectivity index (χ0n) is 10.3. The highest BCUT2D eigenvalue weighted by Crippen LogP contribution is 2.20. The summed E-state index contributed by atoms with van der Waals surface area (Å²) in [6.07, 6.45) is -3.30. The Morgan fingerprint density at radius 1 is 1.44 bits per heavy atom. The van der Waals surface area contributed by atoms with Gasteiger partial charge in [-0.2, -0.15) is 13.2 Å². The Hall–Kier alpha value is -0.820. The van der Waals surface area contributed by atoms with Crippen molar-refractivity contribution in [2.75, 3.05) is 26.2 Å². The van der Waals surface area contributed by atoms with Gasteiger partial charge in [-0.15, -0.1) is 0 Å². The van der Waals surface area contributed by atoms with Crippen molar-refractivity contribution in [1.82, 2.24) is 10.2 Å². The summed E-state index contributed by atoms with van der Waals surface area (Å²) < 4.78 is 35.6. The molecule has 1 fully saturated rings. The molecule has 1 rings (SSSR count). The fourth-order valence-electron chi connectivity index (χ4n) is 2.05. The minimum Gasteiger partial charge on any atom is -0.393 e. The van der Waals surface area contributed by atoms with E-state index in [1.807, 2.05) is 0 Å². The van der Waals surface area contributed by atoms with Crippen LogP contribution in [0.15, 0.2) is 0 Å². The third-order valence-electron chi connectivity index (χ3n) is 3.18. The van der Waals surface area contributed by atoms with E-state index >= 15 is 0 Å². The van der Waals surface area contributed by atoms with Crippen LogP contribution < -0.4 is 5.32 Å². The molecule has 1 aliphatic rings. The molecule has 1 heterocycles. The van der Waals surface area contributed by atoms with Crippen LogP contribution in [0.25, 0.3) is 0 Å². The minimum atomic E-state index is -4.29. The average Bonchev–Trinajstić information content (AvgIpc) is 2.27. The van der Waals surface area contributed by atoms with Crippen molar-refractivity contribution in [2.24, 2.45) is 5.92 Å². The highest BCUT2D eigenvalue weighted by atomic mass is 19.4. The summed E-state index contributed by atoms with van der Waals surface area (Å²) in [5.41, 5.74) is 0. The number of amides is 1. The number of nitrogens with zero attached hydrogens (tertiary/aromatic N) is 1. The maximum absolute atomic E-state index is 11.9. The van der Waals surface area contributed by atoms with E-state index in [0.29, 0.717) is 25.9 Å². The molecule has 1 amide bonds. The number of aliphatic hydroxyl groups is 1. The second kappa shape index (κ2) is 6.38. The highest BCUT2D eigenvalue weighted by Gasteiger charge is 2.28. The number of aliphatic hydroxyl groups excluding tert-OH is 1. The van der Waals surface area contributed by atoms with Crippen molar-refractivity contribution in [3.8, 4) is 0 Å². The van der Waals surface area contributed by atoms with E-state index in [2.05, 4.69) is 5.32 Å². The van der Waals surface area contributed by atoms with E-state index in [-0.39, 0.29) is 18.4 Å². The second-order valence-corrected chi connectivity index (χ2v) is 4.68. The maximum atomic E-state index is 11.9. The van der Waals surface area contributed by atoms with Crippen molar-refractivity contribution in [1.29, 1.82) is 0 Å². The summed E-state index contributed by atoms with van der Waals surface area (Å²) in [4.78, 5) is 13.1. The van der Waals surface area contributed by atoms with Gasteiger partial charge in [0.15, 0.2) is 0 Å². The van der Waals surface area contributed by atoms with Crippen molar-refractivity contribution < 1.29 is 23.1 Å². The summed E-state index contributed by atoms with van der Waals surface area (Å²) in [7, 11) is 0. The van der Waals surface area contributed by atoms with Crippen LogP contribution >= 0.6 is 0 Å². The zero-order valence-corrected chi connectivity index (χ0v) is 10.3. The van der Waals surface area contributed by atoms with Crippen molar-refractivity contribution in [3.05, 3.63) is 0 Å². The van der Waals surface area contributed by atoms with Crippen LogP contribution in [-0.2, 0) is 4.79 Å². The lowest BCUT2D eigenvalue weighted by Gasteiger charge is -2.33. The number of carbonyl (C=O) groups is 1. The Labute approximate surface area is 104 Å². The second-order valence-electron chi connectivity index (χ2n) is 4.68. The summed E-state index contributed by atoms with van der Waals surface area (Å²) in [6.45, 7) is 1.28. The summed E-state index contributed by atoms with van der Waals surface area (Å²) >= 11 is 0. The van der Waals surface area contributed by atoms with Gasteiger partial charge < -0.3 is 15.3 Å². The third-order valence-corrected chi connectivity index (χ3v) is 3.18. The first-order valence-corrected chi connectivity index (χ1v) is 6.03. The van der Waals surface area contributed by atoms with Crippen LogP contribution in [0, 0.1) is 5.92 Å². The molecule has 1 aliphatic heterocycles. The van der Waals surface area contributed by atoms with Gasteiger partial charge in [-0.05, 0) is 25.7 Å². The molecule has 0 aromatic rings. The molecular formula is C11H19F3N2O2. The zero-order chi connectivity index (χ0) is 13.8. The van der Waals surface area contributed by atoms with Gasteiger partial charge in [0.05, 0.1) is 19.2 Å². The lowest BCUT2D eigenvalue weighted by molar-refractivity contribution is -0.135. The minimum absolute atomic E-state index is 0.178. The van der Waals surface area contributed by atoms with Gasteiger partial charge in [0.2, 0.25) is 5.91 Å². The molecule has 0 radical (unpaired) electrons. The van der Waals surface area contributed by atoms with E-state index < -0.39 is 18.8 Å². The lowest BCUT2D eigenvalue weighted by atomic mass is 9.92. The first kappa shape index (κ1) is 15.2. The quantitative estimate of drug-likeness (QED) is 0.791. The molecular weight excluding hydrogens is 249 g/mol. The SMILES string of the molecule is CC(O)C1CCN(C(=O)CNCC(F)(F)F)CC1.